The molecule has 1 aliphatic rings. The Morgan fingerprint density at radius 3 is 2.82 bits per heavy atom. The molecule has 0 aliphatic carbocycles. The number of anilines is 1. The molecule has 4 nitrogen and oxygen atoms in total. The Labute approximate surface area is 101 Å². The quantitative estimate of drug-likeness (QED) is 0.831. The third-order valence-corrected chi connectivity index (χ3v) is 3.23. The highest BCUT2D eigenvalue weighted by atomic mass is 16.5. The van der Waals surface area contributed by atoms with E-state index in [2.05, 4.69) is 5.32 Å². The van der Waals surface area contributed by atoms with Crippen LogP contribution in [-0.4, -0.2) is 24.7 Å². The van der Waals surface area contributed by atoms with Crippen molar-refractivity contribution in [3.63, 3.8) is 0 Å². The van der Waals surface area contributed by atoms with Gasteiger partial charge in [-0.15, -0.1) is 0 Å². The SMILES string of the molecule is Cc1ccccc1NC1(C(N)=O)CCCOC1. The van der Waals surface area contributed by atoms with E-state index in [1.807, 2.05) is 31.2 Å². The van der Waals surface area contributed by atoms with E-state index < -0.39 is 5.54 Å². The van der Waals surface area contributed by atoms with Crippen molar-refractivity contribution < 1.29 is 9.53 Å². The van der Waals surface area contributed by atoms with Crippen LogP contribution in [0.15, 0.2) is 24.3 Å². The zero-order valence-corrected chi connectivity index (χ0v) is 10.0. The van der Waals surface area contributed by atoms with Crippen LogP contribution in [0.1, 0.15) is 18.4 Å². The lowest BCUT2D eigenvalue weighted by atomic mass is 9.91. The maximum Gasteiger partial charge on any atom is 0.245 e. The summed E-state index contributed by atoms with van der Waals surface area (Å²) in [6.45, 7) is 3.04. The summed E-state index contributed by atoms with van der Waals surface area (Å²) >= 11 is 0. The molecule has 0 bridgehead atoms. The molecule has 1 saturated heterocycles. The zero-order valence-electron chi connectivity index (χ0n) is 10.0. The maximum atomic E-state index is 11.7. The first-order chi connectivity index (χ1) is 8.14. The molecule has 1 atom stereocenters. The molecule has 3 N–H and O–H groups in total. The number of carbonyl (C=O) groups excluding carboxylic acids is 1. The monoisotopic (exact) mass is 234 g/mol. The summed E-state index contributed by atoms with van der Waals surface area (Å²) in [5.41, 5.74) is 6.80. The Morgan fingerprint density at radius 2 is 2.24 bits per heavy atom. The number of para-hydroxylation sites is 1. The molecule has 1 heterocycles. The van der Waals surface area contributed by atoms with Crippen molar-refractivity contribution in [3.8, 4) is 0 Å². The van der Waals surface area contributed by atoms with Gasteiger partial charge in [0.15, 0.2) is 0 Å². The highest BCUT2D eigenvalue weighted by molar-refractivity contribution is 5.88. The number of primary amides is 1. The van der Waals surface area contributed by atoms with E-state index in [9.17, 15) is 4.79 Å². The Morgan fingerprint density at radius 1 is 1.47 bits per heavy atom. The van der Waals surface area contributed by atoms with Gasteiger partial charge in [-0.25, -0.2) is 0 Å². The fraction of sp³-hybridized carbons (Fsp3) is 0.462. The molecule has 0 radical (unpaired) electrons. The third-order valence-electron chi connectivity index (χ3n) is 3.23. The van der Waals surface area contributed by atoms with Gasteiger partial charge in [0.1, 0.15) is 5.54 Å². The molecule has 1 amide bonds. The average Bonchev–Trinajstić information content (AvgIpc) is 2.33. The van der Waals surface area contributed by atoms with E-state index in [0.717, 1.165) is 24.1 Å². The van der Waals surface area contributed by atoms with E-state index in [0.29, 0.717) is 13.2 Å². The number of rotatable bonds is 3. The number of nitrogens with two attached hydrogens (primary N) is 1. The minimum absolute atomic E-state index is 0.344. The number of hydrogen-bond acceptors (Lipinski definition) is 3. The van der Waals surface area contributed by atoms with Gasteiger partial charge >= 0.3 is 0 Å². The molecular weight excluding hydrogens is 216 g/mol. The van der Waals surface area contributed by atoms with E-state index in [-0.39, 0.29) is 5.91 Å². The number of aryl methyl sites for hydroxylation is 1. The topological polar surface area (TPSA) is 64.3 Å². The molecule has 0 spiro atoms. The van der Waals surface area contributed by atoms with Gasteiger partial charge in [0.05, 0.1) is 6.61 Å². The molecule has 92 valence electrons. The van der Waals surface area contributed by atoms with Crippen LogP contribution >= 0.6 is 0 Å². The smallest absolute Gasteiger partial charge is 0.245 e. The average molecular weight is 234 g/mol. The fourth-order valence-corrected chi connectivity index (χ4v) is 2.12. The van der Waals surface area contributed by atoms with Crippen molar-refractivity contribution in [1.82, 2.24) is 0 Å². The Balaban J connectivity index is 2.24. The molecule has 4 heteroatoms. The predicted molar refractivity (Wildman–Crippen MR) is 66.8 cm³/mol. The Hall–Kier alpha value is -1.55. The summed E-state index contributed by atoms with van der Waals surface area (Å²) in [6, 6.07) is 7.86. The summed E-state index contributed by atoms with van der Waals surface area (Å²) in [6.07, 6.45) is 1.57. The standard InChI is InChI=1S/C13H18N2O2/c1-10-5-2-3-6-11(10)15-13(12(14)16)7-4-8-17-9-13/h2-3,5-6,15H,4,7-9H2,1H3,(H2,14,16). The molecule has 1 aromatic rings. The number of amides is 1. The van der Waals surface area contributed by atoms with E-state index in [1.165, 1.54) is 0 Å². The van der Waals surface area contributed by atoms with Gasteiger partial charge in [0.2, 0.25) is 5.91 Å². The molecule has 1 unspecified atom stereocenters. The lowest BCUT2D eigenvalue weighted by Crippen LogP contribution is -2.56. The van der Waals surface area contributed by atoms with Crippen molar-refractivity contribution in [2.75, 3.05) is 18.5 Å². The van der Waals surface area contributed by atoms with Crippen LogP contribution in [0, 0.1) is 6.92 Å². The molecule has 1 fully saturated rings. The third kappa shape index (κ3) is 2.42. The first-order valence-electron chi connectivity index (χ1n) is 5.85. The predicted octanol–water partition coefficient (Wildman–Crippen LogP) is 1.44. The van der Waals surface area contributed by atoms with E-state index in [4.69, 9.17) is 10.5 Å². The number of benzene rings is 1. The van der Waals surface area contributed by atoms with Gasteiger partial charge in [-0.05, 0) is 31.4 Å². The number of hydrogen-bond donors (Lipinski definition) is 2. The van der Waals surface area contributed by atoms with Crippen molar-refractivity contribution in [3.05, 3.63) is 29.8 Å². The van der Waals surface area contributed by atoms with Crippen molar-refractivity contribution in [2.24, 2.45) is 5.73 Å². The molecule has 0 saturated carbocycles. The minimum atomic E-state index is -0.760. The van der Waals surface area contributed by atoms with Crippen molar-refractivity contribution in [2.45, 2.75) is 25.3 Å². The minimum Gasteiger partial charge on any atom is -0.378 e. The lowest BCUT2D eigenvalue weighted by molar-refractivity contribution is -0.126. The Bertz CT molecular complexity index is 412. The van der Waals surface area contributed by atoms with Gasteiger partial charge in [0.25, 0.3) is 0 Å². The molecule has 0 aromatic heterocycles. The first kappa shape index (κ1) is 11.9. The highest BCUT2D eigenvalue weighted by Crippen LogP contribution is 2.26. The van der Waals surface area contributed by atoms with Crippen LogP contribution in [-0.2, 0) is 9.53 Å². The molecular formula is C13H18N2O2. The normalized spacial score (nSPS) is 24.3. The Kier molecular flexibility index (Phi) is 3.33. The van der Waals surface area contributed by atoms with Crippen LogP contribution in [0.2, 0.25) is 0 Å². The van der Waals surface area contributed by atoms with Gasteiger partial charge in [-0.3, -0.25) is 4.79 Å². The van der Waals surface area contributed by atoms with Gasteiger partial charge in [-0.2, -0.15) is 0 Å². The van der Waals surface area contributed by atoms with Gasteiger partial charge in [-0.1, -0.05) is 18.2 Å². The summed E-state index contributed by atoms with van der Waals surface area (Å²) in [5.74, 6) is -0.347. The molecule has 2 rings (SSSR count). The lowest BCUT2D eigenvalue weighted by Gasteiger charge is -2.36. The number of carbonyl (C=O) groups is 1. The largest absolute Gasteiger partial charge is 0.378 e. The highest BCUT2D eigenvalue weighted by Gasteiger charge is 2.39. The summed E-state index contributed by atoms with van der Waals surface area (Å²) < 4.78 is 5.40. The van der Waals surface area contributed by atoms with Gasteiger partial charge in [0, 0.05) is 12.3 Å². The van der Waals surface area contributed by atoms with Crippen LogP contribution < -0.4 is 11.1 Å². The summed E-state index contributed by atoms with van der Waals surface area (Å²) in [5, 5.41) is 3.26. The second kappa shape index (κ2) is 4.75. The van der Waals surface area contributed by atoms with Crippen LogP contribution in [0.5, 0.6) is 0 Å². The number of ether oxygens (including phenoxy) is 1. The van der Waals surface area contributed by atoms with Gasteiger partial charge < -0.3 is 15.8 Å². The second-order valence-corrected chi connectivity index (χ2v) is 4.54. The van der Waals surface area contributed by atoms with Crippen molar-refractivity contribution in [1.29, 1.82) is 0 Å². The van der Waals surface area contributed by atoms with Crippen LogP contribution in [0.3, 0.4) is 0 Å². The summed E-state index contributed by atoms with van der Waals surface area (Å²) in [4.78, 5) is 11.7. The van der Waals surface area contributed by atoms with Crippen LogP contribution in [0.25, 0.3) is 0 Å². The first-order valence-corrected chi connectivity index (χ1v) is 5.85. The van der Waals surface area contributed by atoms with E-state index in [1.54, 1.807) is 0 Å². The molecule has 17 heavy (non-hydrogen) atoms. The fourth-order valence-electron chi connectivity index (χ4n) is 2.12. The molecule has 1 aliphatic heterocycles. The maximum absolute atomic E-state index is 11.7. The number of nitrogens with one attached hydrogen (secondary N) is 1. The summed E-state index contributed by atoms with van der Waals surface area (Å²) in [7, 11) is 0. The van der Waals surface area contributed by atoms with E-state index >= 15 is 0 Å². The van der Waals surface area contributed by atoms with Crippen LogP contribution in [0.4, 0.5) is 5.69 Å². The zero-order chi connectivity index (χ0) is 12.3. The van der Waals surface area contributed by atoms with Crippen molar-refractivity contribution >= 4 is 11.6 Å². The molecule has 1 aromatic carbocycles. The second-order valence-electron chi connectivity index (χ2n) is 4.54.